The summed E-state index contributed by atoms with van der Waals surface area (Å²) >= 11 is 0. The van der Waals surface area contributed by atoms with E-state index in [1.54, 1.807) is 36.4 Å². The van der Waals surface area contributed by atoms with Gasteiger partial charge in [0.25, 0.3) is 0 Å². The van der Waals surface area contributed by atoms with E-state index in [1.165, 1.54) is 12.1 Å². The van der Waals surface area contributed by atoms with Crippen LogP contribution in [0.25, 0.3) is 0 Å². The highest BCUT2D eigenvalue weighted by atomic mass is 19.1. The lowest BCUT2D eigenvalue weighted by molar-refractivity contribution is 0.0184. The predicted molar refractivity (Wildman–Crippen MR) is 113 cm³/mol. The zero-order valence-corrected chi connectivity index (χ0v) is 16.8. The molecular weight excluding hydrogens is 401 g/mol. The molecule has 0 fully saturated rings. The van der Waals surface area contributed by atoms with Crippen LogP contribution in [0.4, 0.5) is 9.18 Å². The summed E-state index contributed by atoms with van der Waals surface area (Å²) in [6, 6.07) is 21.9. The third-order valence-corrected chi connectivity index (χ3v) is 4.55. The molecule has 3 rings (SSSR count). The lowest BCUT2D eigenvalue weighted by Crippen LogP contribution is -2.35. The van der Waals surface area contributed by atoms with Crippen molar-refractivity contribution in [2.45, 2.75) is 25.4 Å². The molecule has 3 aromatic rings. The molecular formula is C24H24FNO5. The number of nitrogens with one attached hydrogen (secondary N) is 1. The molecule has 0 saturated heterocycles. The van der Waals surface area contributed by atoms with Gasteiger partial charge in [0.15, 0.2) is 0 Å². The second-order valence-electron chi connectivity index (χ2n) is 6.94. The molecule has 31 heavy (non-hydrogen) atoms. The van der Waals surface area contributed by atoms with Gasteiger partial charge < -0.3 is 25.0 Å². The summed E-state index contributed by atoms with van der Waals surface area (Å²) in [6.45, 7) is 0.145. The van der Waals surface area contributed by atoms with Crippen molar-refractivity contribution in [3.05, 3.63) is 101 Å². The van der Waals surface area contributed by atoms with Gasteiger partial charge in [0.05, 0.1) is 0 Å². The number of aliphatic hydroxyl groups excluding tert-OH is 2. The highest BCUT2D eigenvalue weighted by Gasteiger charge is 2.19. The number of hydrogen-bond acceptors (Lipinski definition) is 5. The summed E-state index contributed by atoms with van der Waals surface area (Å²) in [4.78, 5) is 11.8. The zero-order valence-electron chi connectivity index (χ0n) is 16.8. The van der Waals surface area contributed by atoms with Crippen LogP contribution in [0.2, 0.25) is 0 Å². The largest absolute Gasteiger partial charge is 0.489 e. The number of alkyl carbamates (subject to hydrolysis) is 1. The molecule has 2 atom stereocenters. The Morgan fingerprint density at radius 3 is 2.32 bits per heavy atom. The summed E-state index contributed by atoms with van der Waals surface area (Å²) in [5.74, 6) is 0.212. The number of hydrogen-bond donors (Lipinski definition) is 3. The molecule has 0 spiro atoms. The molecule has 0 heterocycles. The first-order valence-electron chi connectivity index (χ1n) is 9.79. The fraction of sp³-hybridized carbons (Fsp3) is 0.208. The fourth-order valence-corrected chi connectivity index (χ4v) is 2.85. The standard InChI is InChI=1S/C24H24FNO5/c25-20-8-4-7-18(13-20)16-30-21-11-9-19(10-12-21)23(28)22(27)14-26-24(29)31-15-17-5-2-1-3-6-17/h1-13,22-23,27-28H,14-16H2,(H,26,29). The Hall–Kier alpha value is -3.42. The third-order valence-electron chi connectivity index (χ3n) is 4.55. The van der Waals surface area contributed by atoms with Crippen LogP contribution in [-0.4, -0.2) is 29.0 Å². The van der Waals surface area contributed by atoms with E-state index in [0.717, 1.165) is 5.56 Å². The molecule has 0 aliphatic heterocycles. The maximum atomic E-state index is 13.2. The Morgan fingerprint density at radius 2 is 1.61 bits per heavy atom. The first kappa shape index (κ1) is 22.3. The minimum atomic E-state index is -1.22. The molecule has 1 amide bonds. The number of carbonyl (C=O) groups excluding carboxylic acids is 1. The number of ether oxygens (including phenoxy) is 2. The average molecular weight is 425 g/mol. The van der Waals surface area contributed by atoms with E-state index in [0.29, 0.717) is 16.9 Å². The van der Waals surface area contributed by atoms with E-state index in [1.807, 2.05) is 30.3 Å². The third kappa shape index (κ3) is 7.09. The molecule has 0 radical (unpaired) electrons. The van der Waals surface area contributed by atoms with Gasteiger partial charge in [0.2, 0.25) is 0 Å². The van der Waals surface area contributed by atoms with Crippen LogP contribution >= 0.6 is 0 Å². The van der Waals surface area contributed by atoms with Crippen molar-refractivity contribution in [3.63, 3.8) is 0 Å². The highest BCUT2D eigenvalue weighted by molar-refractivity contribution is 5.67. The SMILES string of the molecule is O=C(NCC(O)C(O)c1ccc(OCc2cccc(F)c2)cc1)OCc1ccccc1. The van der Waals surface area contributed by atoms with Gasteiger partial charge in [0.1, 0.15) is 37.0 Å². The van der Waals surface area contributed by atoms with Crippen molar-refractivity contribution >= 4 is 6.09 Å². The van der Waals surface area contributed by atoms with E-state index >= 15 is 0 Å². The molecule has 3 N–H and O–H groups in total. The molecule has 0 aliphatic carbocycles. The summed E-state index contributed by atoms with van der Waals surface area (Å²) in [7, 11) is 0. The monoisotopic (exact) mass is 425 g/mol. The average Bonchev–Trinajstić information content (AvgIpc) is 2.80. The minimum Gasteiger partial charge on any atom is -0.489 e. The van der Waals surface area contributed by atoms with Gasteiger partial charge in [-0.05, 0) is 41.0 Å². The number of benzene rings is 3. The lowest BCUT2D eigenvalue weighted by Gasteiger charge is -2.19. The number of halogens is 1. The molecule has 0 aromatic heterocycles. The van der Waals surface area contributed by atoms with Crippen LogP contribution in [-0.2, 0) is 18.0 Å². The fourth-order valence-electron chi connectivity index (χ4n) is 2.85. The minimum absolute atomic E-state index is 0.113. The van der Waals surface area contributed by atoms with E-state index < -0.39 is 18.3 Å². The van der Waals surface area contributed by atoms with E-state index in [-0.39, 0.29) is 25.6 Å². The molecule has 3 aromatic carbocycles. The van der Waals surface area contributed by atoms with Gasteiger partial charge >= 0.3 is 6.09 Å². The van der Waals surface area contributed by atoms with Crippen molar-refractivity contribution in [1.82, 2.24) is 5.32 Å². The van der Waals surface area contributed by atoms with Gasteiger partial charge in [-0.15, -0.1) is 0 Å². The Labute approximate surface area is 179 Å². The van der Waals surface area contributed by atoms with E-state index in [2.05, 4.69) is 5.32 Å². The summed E-state index contributed by atoms with van der Waals surface area (Å²) in [5.41, 5.74) is 2.01. The van der Waals surface area contributed by atoms with Gasteiger partial charge in [-0.25, -0.2) is 9.18 Å². The molecule has 162 valence electrons. The van der Waals surface area contributed by atoms with E-state index in [4.69, 9.17) is 9.47 Å². The second-order valence-corrected chi connectivity index (χ2v) is 6.94. The Kier molecular flexibility index (Phi) is 7.98. The lowest BCUT2D eigenvalue weighted by atomic mass is 10.0. The molecule has 6 nitrogen and oxygen atoms in total. The van der Waals surface area contributed by atoms with Crippen LogP contribution in [0, 0.1) is 5.82 Å². The van der Waals surface area contributed by atoms with Crippen molar-refractivity contribution in [2.75, 3.05) is 6.54 Å². The van der Waals surface area contributed by atoms with Crippen LogP contribution in [0.3, 0.4) is 0 Å². The first-order valence-corrected chi connectivity index (χ1v) is 9.79. The molecule has 2 unspecified atom stereocenters. The van der Waals surface area contributed by atoms with Crippen LogP contribution in [0.1, 0.15) is 22.8 Å². The number of rotatable bonds is 9. The second kappa shape index (κ2) is 11.1. The first-order chi connectivity index (χ1) is 15.0. The topological polar surface area (TPSA) is 88.0 Å². The normalized spacial score (nSPS) is 12.6. The van der Waals surface area contributed by atoms with Crippen molar-refractivity contribution in [1.29, 1.82) is 0 Å². The number of amides is 1. The number of carbonyl (C=O) groups is 1. The molecule has 7 heteroatoms. The Morgan fingerprint density at radius 1 is 0.903 bits per heavy atom. The maximum Gasteiger partial charge on any atom is 0.407 e. The van der Waals surface area contributed by atoms with Gasteiger partial charge in [0, 0.05) is 6.54 Å². The van der Waals surface area contributed by atoms with Gasteiger partial charge in [-0.3, -0.25) is 0 Å². The van der Waals surface area contributed by atoms with Crippen molar-refractivity contribution in [2.24, 2.45) is 0 Å². The molecule has 0 aliphatic rings. The molecule has 0 bridgehead atoms. The predicted octanol–water partition coefficient (Wildman–Crippen LogP) is 3.73. The Balaban J connectivity index is 1.43. The number of aliphatic hydroxyl groups is 2. The van der Waals surface area contributed by atoms with Crippen LogP contribution in [0.15, 0.2) is 78.9 Å². The Bertz CT molecular complexity index is 965. The van der Waals surface area contributed by atoms with Crippen molar-refractivity contribution < 1.29 is 28.9 Å². The van der Waals surface area contributed by atoms with Crippen LogP contribution in [0.5, 0.6) is 5.75 Å². The van der Waals surface area contributed by atoms with E-state index in [9.17, 15) is 19.4 Å². The maximum absolute atomic E-state index is 13.2. The van der Waals surface area contributed by atoms with Crippen LogP contribution < -0.4 is 10.1 Å². The quantitative estimate of drug-likeness (QED) is 0.486. The zero-order chi connectivity index (χ0) is 22.1. The van der Waals surface area contributed by atoms with Gasteiger partial charge in [-0.1, -0.05) is 54.6 Å². The summed E-state index contributed by atoms with van der Waals surface area (Å²) < 4.78 is 23.9. The summed E-state index contributed by atoms with van der Waals surface area (Å²) in [6.07, 6.45) is -3.11. The van der Waals surface area contributed by atoms with Gasteiger partial charge in [-0.2, -0.15) is 0 Å². The smallest absolute Gasteiger partial charge is 0.407 e. The molecule has 0 saturated carbocycles. The summed E-state index contributed by atoms with van der Waals surface area (Å²) in [5, 5.41) is 22.9. The van der Waals surface area contributed by atoms with Crippen molar-refractivity contribution in [3.8, 4) is 5.75 Å². The highest BCUT2D eigenvalue weighted by Crippen LogP contribution is 2.21.